The van der Waals surface area contributed by atoms with Crippen molar-refractivity contribution < 1.29 is 35.9 Å². The maximum Gasteiger partial charge on any atom is 0.387 e. The van der Waals surface area contributed by atoms with Crippen LogP contribution in [0.1, 0.15) is 0 Å². The van der Waals surface area contributed by atoms with Gasteiger partial charge in [-0.15, -0.1) is 0 Å². The molecule has 1 fully saturated rings. The van der Waals surface area contributed by atoms with E-state index in [1.165, 1.54) is 30.6 Å². The average Bonchev–Trinajstić information content (AvgIpc) is 3.58. The van der Waals surface area contributed by atoms with E-state index in [0.717, 1.165) is 40.0 Å². The third kappa shape index (κ3) is 5.06. The van der Waals surface area contributed by atoms with E-state index < -0.39 is 22.5 Å². The molecular formula is C31H22F3N3O5S2. The Balaban J connectivity index is 1.60. The number of carbonyl (C=O) groups excluding carboxylic acids is 1. The maximum absolute atomic E-state index is 14.8. The fourth-order valence-corrected chi connectivity index (χ4v) is 7.58. The van der Waals surface area contributed by atoms with Crippen LogP contribution in [0.25, 0.3) is 38.1 Å². The normalized spacial score (nSPS) is 13.6. The molecule has 0 spiro atoms. The first-order valence-electron chi connectivity index (χ1n) is 13.2. The highest BCUT2D eigenvalue weighted by atomic mass is 32.2. The predicted molar refractivity (Wildman–Crippen MR) is 160 cm³/mol. The van der Waals surface area contributed by atoms with Gasteiger partial charge in [-0.2, -0.15) is 20.1 Å². The molecule has 6 rings (SSSR count). The molecular weight excluding hydrogens is 615 g/mol. The Morgan fingerprint density at radius 1 is 1.07 bits per heavy atom. The van der Waals surface area contributed by atoms with Crippen LogP contribution in [0, 0.1) is 18.3 Å². The lowest BCUT2D eigenvalue weighted by Crippen LogP contribution is -2.50. The van der Waals surface area contributed by atoms with Gasteiger partial charge in [-0.1, -0.05) is 18.2 Å². The van der Waals surface area contributed by atoms with Crippen molar-refractivity contribution in [2.45, 2.75) is 11.5 Å². The maximum atomic E-state index is 14.8. The Morgan fingerprint density at radius 2 is 1.82 bits per heavy atom. The lowest BCUT2D eigenvalue weighted by Gasteiger charge is -2.39. The van der Waals surface area contributed by atoms with Crippen LogP contribution in [0.3, 0.4) is 0 Å². The Bertz CT molecular complexity index is 2040. The molecule has 0 aliphatic carbocycles. The van der Waals surface area contributed by atoms with Gasteiger partial charge in [0.05, 0.1) is 35.7 Å². The van der Waals surface area contributed by atoms with Crippen molar-refractivity contribution >= 4 is 48.9 Å². The number of thiophene rings is 1. The van der Waals surface area contributed by atoms with E-state index in [0.29, 0.717) is 34.8 Å². The molecule has 1 saturated heterocycles. The molecule has 1 aliphatic rings. The number of benzene rings is 3. The minimum atomic E-state index is -4.44. The van der Waals surface area contributed by atoms with Gasteiger partial charge < -0.3 is 14.4 Å². The second-order valence-corrected chi connectivity index (χ2v) is 12.6. The summed E-state index contributed by atoms with van der Waals surface area (Å²) in [5, 5.41) is 2.26. The third-order valence-electron chi connectivity index (χ3n) is 7.39. The molecule has 0 saturated carbocycles. The van der Waals surface area contributed by atoms with E-state index in [1.807, 2.05) is 11.0 Å². The Labute approximate surface area is 254 Å². The molecule has 0 atom stereocenters. The number of methoxy groups -OCH3 is 1. The van der Waals surface area contributed by atoms with Crippen molar-refractivity contribution in [3.63, 3.8) is 0 Å². The summed E-state index contributed by atoms with van der Waals surface area (Å²) in [5.41, 5.74) is 2.31. The minimum Gasteiger partial charge on any atom is -0.469 e. The topological polar surface area (TPSA) is 82.2 Å². The largest absolute Gasteiger partial charge is 0.469 e. The molecule has 8 nitrogen and oxygen atoms in total. The van der Waals surface area contributed by atoms with Crippen LogP contribution < -0.4 is 9.64 Å². The van der Waals surface area contributed by atoms with Crippen molar-refractivity contribution in [1.29, 1.82) is 0 Å². The number of halogens is 3. The second kappa shape index (κ2) is 11.4. The molecule has 3 aromatic carbocycles. The van der Waals surface area contributed by atoms with Gasteiger partial charge in [0.1, 0.15) is 11.6 Å². The van der Waals surface area contributed by atoms with Crippen LogP contribution in [-0.4, -0.2) is 45.2 Å². The summed E-state index contributed by atoms with van der Waals surface area (Å²) in [6.07, 6.45) is 0. The molecule has 3 heterocycles. The monoisotopic (exact) mass is 637 g/mol. The number of aromatic nitrogens is 1. The molecule has 2 aromatic heterocycles. The van der Waals surface area contributed by atoms with Gasteiger partial charge in [-0.25, -0.2) is 21.6 Å². The highest BCUT2D eigenvalue weighted by molar-refractivity contribution is 7.90. The average molecular weight is 638 g/mol. The predicted octanol–water partition coefficient (Wildman–Crippen LogP) is 7.17. The highest BCUT2D eigenvalue weighted by Gasteiger charge is 2.35. The number of esters is 1. The molecule has 13 heteroatoms. The van der Waals surface area contributed by atoms with E-state index in [4.69, 9.17) is 11.3 Å². The molecule has 0 amide bonds. The van der Waals surface area contributed by atoms with Gasteiger partial charge in [-0.3, -0.25) is 4.79 Å². The van der Waals surface area contributed by atoms with Crippen LogP contribution in [0.5, 0.6) is 5.75 Å². The van der Waals surface area contributed by atoms with E-state index in [1.54, 1.807) is 29.6 Å². The summed E-state index contributed by atoms with van der Waals surface area (Å²) in [5.74, 6) is -1.43. The van der Waals surface area contributed by atoms with Crippen LogP contribution in [0.15, 0.2) is 83.1 Å². The molecule has 0 radical (unpaired) electrons. The van der Waals surface area contributed by atoms with E-state index in [9.17, 15) is 26.4 Å². The summed E-state index contributed by atoms with van der Waals surface area (Å²) < 4.78 is 79.4. The van der Waals surface area contributed by atoms with Crippen molar-refractivity contribution in [3.8, 4) is 28.1 Å². The molecule has 0 unspecified atom stereocenters. The Hall–Kier alpha value is -4.80. The zero-order valence-corrected chi connectivity index (χ0v) is 24.5. The van der Waals surface area contributed by atoms with Crippen molar-refractivity contribution in [2.24, 2.45) is 5.92 Å². The summed E-state index contributed by atoms with van der Waals surface area (Å²) in [4.78, 5) is 17.3. The molecule has 0 N–H and O–H groups in total. The van der Waals surface area contributed by atoms with E-state index in [2.05, 4.69) is 9.58 Å². The number of fused-ring (bicyclic) bond motifs is 1. The van der Waals surface area contributed by atoms with Crippen LogP contribution >= 0.6 is 11.3 Å². The number of alkyl halides is 2. The zero-order chi connectivity index (χ0) is 31.2. The first-order chi connectivity index (χ1) is 21.1. The van der Waals surface area contributed by atoms with E-state index >= 15 is 0 Å². The van der Waals surface area contributed by atoms with Crippen molar-refractivity contribution in [1.82, 2.24) is 3.97 Å². The molecule has 0 bridgehead atoms. The molecule has 1 aliphatic heterocycles. The zero-order valence-electron chi connectivity index (χ0n) is 22.9. The Kier molecular flexibility index (Phi) is 7.56. The Morgan fingerprint density at radius 3 is 2.50 bits per heavy atom. The van der Waals surface area contributed by atoms with Gasteiger partial charge in [0, 0.05) is 40.9 Å². The number of hydrogen-bond donors (Lipinski definition) is 0. The van der Waals surface area contributed by atoms with Gasteiger partial charge in [0.15, 0.2) is 0 Å². The fourth-order valence-electron chi connectivity index (χ4n) is 5.35. The quantitative estimate of drug-likeness (QED) is 0.133. The van der Waals surface area contributed by atoms with Crippen LogP contribution in [0.4, 0.5) is 23.9 Å². The fraction of sp³-hybridized carbons (Fsp3) is 0.161. The summed E-state index contributed by atoms with van der Waals surface area (Å²) in [6.45, 7) is 5.47. The first kappa shape index (κ1) is 29.3. The summed E-state index contributed by atoms with van der Waals surface area (Å²) in [7, 11) is -3.11. The third-order valence-corrected chi connectivity index (χ3v) is 9.92. The van der Waals surface area contributed by atoms with Crippen molar-refractivity contribution in [3.05, 3.63) is 95.4 Å². The van der Waals surface area contributed by atoms with Gasteiger partial charge >= 0.3 is 12.6 Å². The first-order valence-corrected chi connectivity index (χ1v) is 15.5. The molecule has 224 valence electrons. The number of anilines is 1. The molecule has 44 heavy (non-hydrogen) atoms. The minimum absolute atomic E-state index is 0.159. The number of rotatable bonds is 8. The van der Waals surface area contributed by atoms with Gasteiger partial charge in [-0.05, 0) is 60.0 Å². The second-order valence-electron chi connectivity index (χ2n) is 9.93. The number of nitrogens with zero attached hydrogens (tertiary/aromatic N) is 3. The molecule has 5 aromatic rings. The van der Waals surface area contributed by atoms with Gasteiger partial charge in [0.2, 0.25) is 5.00 Å². The number of hydrogen-bond acceptors (Lipinski definition) is 7. The smallest absolute Gasteiger partial charge is 0.387 e. The summed E-state index contributed by atoms with van der Waals surface area (Å²) in [6, 6.07) is 17.1. The SMILES string of the molecule is [C-]#[N+]c1sccc1-c1c(-c2cccc(N3CC(C(=O)OC)C3)c2)n(S(=O)(=O)c2ccc(OC(F)F)cc2)c2ccc(F)cc12. The number of ether oxygens (including phenoxy) is 2. The lowest BCUT2D eigenvalue weighted by molar-refractivity contribution is -0.146. The van der Waals surface area contributed by atoms with Crippen LogP contribution in [-0.2, 0) is 19.6 Å². The highest BCUT2D eigenvalue weighted by Crippen LogP contribution is 2.48. The van der Waals surface area contributed by atoms with Gasteiger partial charge in [0.25, 0.3) is 10.0 Å². The van der Waals surface area contributed by atoms with Crippen LogP contribution in [0.2, 0.25) is 0 Å². The van der Waals surface area contributed by atoms with E-state index in [-0.39, 0.29) is 39.1 Å². The lowest BCUT2D eigenvalue weighted by atomic mass is 9.97. The summed E-state index contributed by atoms with van der Waals surface area (Å²) >= 11 is 1.17. The standard InChI is InChI=1S/C31H22F3N3O5S2/c1-35-29-24(12-13-43-29)27-25-15-20(32)6-11-26(25)37(44(39,40)23-9-7-22(8-10-23)42-31(33)34)28(27)18-4-3-5-21(14-18)36-16-19(17-36)30(38)41-2/h3-15,19,31H,16-17H2,2H3. The number of carbonyl (C=O) groups is 1. The van der Waals surface area contributed by atoms with Crippen molar-refractivity contribution in [2.75, 3.05) is 25.1 Å².